The maximum absolute atomic E-state index is 12.2. The highest BCUT2D eigenvalue weighted by Crippen LogP contribution is 2.07. The third-order valence-electron chi connectivity index (χ3n) is 4.41. The number of unbranched alkanes of at least 4 members (excludes halogenated alkanes) is 1. The monoisotopic (exact) mass is 368 g/mol. The van der Waals surface area contributed by atoms with Gasteiger partial charge in [0.15, 0.2) is 0 Å². The van der Waals surface area contributed by atoms with Crippen LogP contribution in [0.2, 0.25) is 0 Å². The number of nitrogens with one attached hydrogen (secondary N) is 4. The molecule has 150 valence electrons. The number of carbonyl (C=O) groups excluding carboxylic acids is 3. The molecule has 3 amide bonds. The van der Waals surface area contributed by atoms with E-state index in [2.05, 4.69) is 49.0 Å². The lowest BCUT2D eigenvalue weighted by Crippen LogP contribution is -2.62. The first kappa shape index (κ1) is 22.4. The largest absolute Gasteiger partial charge is 0.356 e. The normalized spacial score (nSPS) is 20.2. The molecule has 1 rings (SSSR count). The van der Waals surface area contributed by atoms with Crippen molar-refractivity contribution >= 4 is 17.7 Å². The molecule has 0 aromatic heterocycles. The van der Waals surface area contributed by atoms with Gasteiger partial charge in [0, 0.05) is 12.6 Å². The summed E-state index contributed by atoms with van der Waals surface area (Å²) in [4.78, 5) is 36.3. The van der Waals surface area contributed by atoms with Gasteiger partial charge in [-0.1, -0.05) is 40.5 Å². The third-order valence-corrected chi connectivity index (χ3v) is 4.41. The van der Waals surface area contributed by atoms with Gasteiger partial charge in [0.2, 0.25) is 17.7 Å². The predicted octanol–water partition coefficient (Wildman–Crippen LogP) is 1.08. The molecule has 26 heavy (non-hydrogen) atoms. The van der Waals surface area contributed by atoms with Gasteiger partial charge in [-0.25, -0.2) is 0 Å². The fourth-order valence-electron chi connectivity index (χ4n) is 2.88. The second kappa shape index (κ2) is 11.9. The molecule has 1 aliphatic heterocycles. The van der Waals surface area contributed by atoms with E-state index >= 15 is 0 Å². The molecule has 1 heterocycles. The van der Waals surface area contributed by atoms with Gasteiger partial charge in [0.1, 0.15) is 12.1 Å². The van der Waals surface area contributed by atoms with Crippen molar-refractivity contribution in [1.29, 1.82) is 0 Å². The van der Waals surface area contributed by atoms with E-state index in [-0.39, 0.29) is 24.1 Å². The molecule has 1 aliphatic rings. The summed E-state index contributed by atoms with van der Waals surface area (Å²) in [5.74, 6) is -0.0132. The Labute approximate surface area is 157 Å². The smallest absolute Gasteiger partial charge is 0.243 e. The molecule has 0 saturated carbocycles. The minimum atomic E-state index is -0.775. The van der Waals surface area contributed by atoms with Crippen molar-refractivity contribution in [3.63, 3.8) is 0 Å². The number of hydrogen-bond acceptors (Lipinski definition) is 4. The summed E-state index contributed by atoms with van der Waals surface area (Å²) in [5, 5.41) is 11.5. The Morgan fingerprint density at radius 3 is 2.27 bits per heavy atom. The van der Waals surface area contributed by atoms with Crippen LogP contribution in [0.3, 0.4) is 0 Å². The second-order valence-corrected chi connectivity index (χ2v) is 7.82. The van der Waals surface area contributed by atoms with Crippen molar-refractivity contribution in [1.82, 2.24) is 21.3 Å². The van der Waals surface area contributed by atoms with Crippen molar-refractivity contribution in [3.05, 3.63) is 0 Å². The van der Waals surface area contributed by atoms with E-state index < -0.39 is 12.1 Å². The van der Waals surface area contributed by atoms with E-state index in [1.165, 1.54) is 0 Å². The van der Waals surface area contributed by atoms with Gasteiger partial charge in [0.25, 0.3) is 0 Å². The molecule has 2 atom stereocenters. The Balaban J connectivity index is 2.26. The molecule has 1 fully saturated rings. The van der Waals surface area contributed by atoms with Gasteiger partial charge < -0.3 is 21.3 Å². The van der Waals surface area contributed by atoms with Crippen LogP contribution in [0.4, 0.5) is 0 Å². The zero-order valence-corrected chi connectivity index (χ0v) is 16.7. The Bertz CT molecular complexity index is 464. The van der Waals surface area contributed by atoms with E-state index in [1.54, 1.807) is 0 Å². The zero-order chi connectivity index (χ0) is 19.5. The molecule has 4 N–H and O–H groups in total. The maximum atomic E-state index is 12.2. The van der Waals surface area contributed by atoms with E-state index in [9.17, 15) is 14.4 Å². The van der Waals surface area contributed by atoms with Crippen LogP contribution in [0.1, 0.15) is 66.2 Å². The summed E-state index contributed by atoms with van der Waals surface area (Å²) < 4.78 is 0. The molecular formula is C19H36N4O3. The first-order valence-corrected chi connectivity index (χ1v) is 9.90. The second-order valence-electron chi connectivity index (χ2n) is 7.82. The number of hydrogen-bond donors (Lipinski definition) is 4. The molecule has 0 spiro atoms. The van der Waals surface area contributed by atoms with Crippen LogP contribution >= 0.6 is 0 Å². The quantitative estimate of drug-likeness (QED) is 0.387. The van der Waals surface area contributed by atoms with Gasteiger partial charge in [-0.05, 0) is 31.7 Å². The zero-order valence-electron chi connectivity index (χ0n) is 16.7. The van der Waals surface area contributed by atoms with E-state index in [0.29, 0.717) is 24.9 Å². The molecule has 7 heteroatoms. The highest BCUT2D eigenvalue weighted by molar-refractivity contribution is 5.99. The standard InChI is InChI=1S/C19H36N4O3/c1-13(2)8-5-6-10-21-17(24)12-16-19(26)22-15(18(25)23-16)9-7-11-20-14(3)4/h13-16,20H,5-12H2,1-4H3,(H,21,24)(H,22,26)(H,23,25)/t15-,16-/m0/s1. The number of amides is 3. The first-order valence-electron chi connectivity index (χ1n) is 9.90. The fraction of sp³-hybridized carbons (Fsp3) is 0.842. The topological polar surface area (TPSA) is 99.3 Å². The van der Waals surface area contributed by atoms with Gasteiger partial charge in [-0.2, -0.15) is 0 Å². The Hall–Kier alpha value is -1.63. The van der Waals surface area contributed by atoms with E-state index in [4.69, 9.17) is 0 Å². The molecule has 0 aliphatic carbocycles. The predicted molar refractivity (Wildman–Crippen MR) is 103 cm³/mol. The molecule has 7 nitrogen and oxygen atoms in total. The van der Waals surface area contributed by atoms with Crippen molar-refractivity contribution in [2.24, 2.45) is 5.92 Å². The summed E-state index contributed by atoms with van der Waals surface area (Å²) >= 11 is 0. The number of rotatable bonds is 12. The molecule has 0 aromatic carbocycles. The van der Waals surface area contributed by atoms with Crippen molar-refractivity contribution < 1.29 is 14.4 Å². The number of piperazine rings is 1. The maximum Gasteiger partial charge on any atom is 0.243 e. The lowest BCUT2D eigenvalue weighted by atomic mass is 10.0. The van der Waals surface area contributed by atoms with E-state index in [0.717, 1.165) is 32.2 Å². The van der Waals surface area contributed by atoms with Crippen LogP contribution < -0.4 is 21.3 Å². The highest BCUT2D eigenvalue weighted by Gasteiger charge is 2.34. The summed E-state index contributed by atoms with van der Waals surface area (Å²) in [6, 6.07) is -0.881. The lowest BCUT2D eigenvalue weighted by Gasteiger charge is -2.29. The molecule has 0 unspecified atom stereocenters. The first-order chi connectivity index (χ1) is 12.3. The van der Waals surface area contributed by atoms with Crippen LogP contribution in [0, 0.1) is 5.92 Å². The van der Waals surface area contributed by atoms with Crippen molar-refractivity contribution in [2.75, 3.05) is 13.1 Å². The lowest BCUT2D eigenvalue weighted by molar-refractivity contribution is -0.138. The van der Waals surface area contributed by atoms with Gasteiger partial charge in [-0.3, -0.25) is 14.4 Å². The molecule has 1 saturated heterocycles. The highest BCUT2D eigenvalue weighted by atomic mass is 16.2. The minimum absolute atomic E-state index is 0.0105. The Morgan fingerprint density at radius 1 is 0.962 bits per heavy atom. The summed E-state index contributed by atoms with van der Waals surface area (Å²) in [7, 11) is 0. The third kappa shape index (κ3) is 9.17. The van der Waals surface area contributed by atoms with Gasteiger partial charge in [-0.15, -0.1) is 0 Å². The summed E-state index contributed by atoms with van der Waals surface area (Å²) in [6.45, 7) is 9.90. The fourth-order valence-corrected chi connectivity index (χ4v) is 2.88. The molecule has 0 radical (unpaired) electrons. The van der Waals surface area contributed by atoms with Crippen molar-refractivity contribution in [3.8, 4) is 0 Å². The van der Waals surface area contributed by atoms with Crippen LogP contribution in [-0.2, 0) is 14.4 Å². The SMILES string of the molecule is CC(C)CCCCNC(=O)C[C@@H]1NC(=O)[C@H](CCCNC(C)C)NC1=O. The summed E-state index contributed by atoms with van der Waals surface area (Å²) in [5.41, 5.74) is 0. The molecule has 0 bridgehead atoms. The van der Waals surface area contributed by atoms with Crippen molar-refractivity contribution in [2.45, 2.75) is 84.3 Å². The molecule has 0 aromatic rings. The Morgan fingerprint density at radius 2 is 1.62 bits per heavy atom. The summed E-state index contributed by atoms with van der Waals surface area (Å²) in [6.07, 6.45) is 4.53. The van der Waals surface area contributed by atoms with Gasteiger partial charge >= 0.3 is 0 Å². The molecular weight excluding hydrogens is 332 g/mol. The average Bonchev–Trinajstić information content (AvgIpc) is 2.54. The number of carbonyl (C=O) groups is 3. The minimum Gasteiger partial charge on any atom is -0.356 e. The van der Waals surface area contributed by atoms with Crippen LogP contribution in [0.15, 0.2) is 0 Å². The van der Waals surface area contributed by atoms with Crippen LogP contribution in [0.5, 0.6) is 0 Å². The Kier molecular flexibility index (Phi) is 10.2. The van der Waals surface area contributed by atoms with Crippen LogP contribution in [0.25, 0.3) is 0 Å². The van der Waals surface area contributed by atoms with E-state index in [1.807, 2.05) is 0 Å². The van der Waals surface area contributed by atoms with Gasteiger partial charge in [0.05, 0.1) is 6.42 Å². The average molecular weight is 369 g/mol. The van der Waals surface area contributed by atoms with Crippen LogP contribution in [-0.4, -0.2) is 48.9 Å².